The van der Waals surface area contributed by atoms with E-state index in [0.29, 0.717) is 6.42 Å². The summed E-state index contributed by atoms with van der Waals surface area (Å²) in [7, 11) is -7.22. The fourth-order valence-corrected chi connectivity index (χ4v) is 5.23. The van der Waals surface area contributed by atoms with Crippen molar-refractivity contribution in [3.8, 4) is 0 Å². The van der Waals surface area contributed by atoms with E-state index in [9.17, 15) is 16.8 Å². The third kappa shape index (κ3) is 6.14. The van der Waals surface area contributed by atoms with Crippen molar-refractivity contribution in [1.82, 2.24) is 9.44 Å². The molecule has 0 aliphatic heterocycles. The Morgan fingerprint density at radius 1 is 0.815 bits per heavy atom. The maximum Gasteiger partial charge on any atom is 0.240 e. The molecule has 0 spiro atoms. The van der Waals surface area contributed by atoms with Gasteiger partial charge in [-0.25, -0.2) is 26.3 Å². The number of rotatable bonds is 8. The second kappa shape index (κ2) is 8.52. The van der Waals surface area contributed by atoms with Crippen LogP contribution in [0.1, 0.15) is 31.9 Å². The summed E-state index contributed by atoms with van der Waals surface area (Å²) in [5.41, 5.74) is 1.72. The molecular formula is C19H26N2O4S2. The summed E-state index contributed by atoms with van der Waals surface area (Å²) >= 11 is 0. The van der Waals surface area contributed by atoms with Gasteiger partial charge in [0.25, 0.3) is 0 Å². The van der Waals surface area contributed by atoms with Crippen LogP contribution in [-0.4, -0.2) is 28.9 Å². The zero-order valence-corrected chi connectivity index (χ0v) is 17.6. The average molecular weight is 411 g/mol. The third-order valence-corrected chi connectivity index (χ3v) is 7.09. The molecule has 0 aliphatic rings. The number of sulfonamides is 2. The molecule has 2 N–H and O–H groups in total. The fourth-order valence-electron chi connectivity index (χ4n) is 2.66. The average Bonchev–Trinajstić information content (AvgIpc) is 2.53. The number of benzene rings is 2. The molecular weight excluding hydrogens is 384 g/mol. The first kappa shape index (κ1) is 21.6. The van der Waals surface area contributed by atoms with Crippen molar-refractivity contribution in [1.29, 1.82) is 0 Å². The van der Waals surface area contributed by atoms with Gasteiger partial charge in [0.2, 0.25) is 20.0 Å². The lowest BCUT2D eigenvalue weighted by Gasteiger charge is -2.15. The number of nitrogens with one attached hydrogen (secondary N) is 2. The molecule has 0 saturated heterocycles. The van der Waals surface area contributed by atoms with Gasteiger partial charge < -0.3 is 0 Å². The van der Waals surface area contributed by atoms with Crippen LogP contribution in [0, 0.1) is 6.92 Å². The highest BCUT2D eigenvalue weighted by molar-refractivity contribution is 7.89. The van der Waals surface area contributed by atoms with Gasteiger partial charge in [0.05, 0.1) is 9.79 Å². The molecule has 8 heteroatoms. The van der Waals surface area contributed by atoms with E-state index in [1.807, 2.05) is 6.92 Å². The molecule has 2 rings (SSSR count). The van der Waals surface area contributed by atoms with Crippen LogP contribution in [0.15, 0.2) is 58.3 Å². The first-order chi connectivity index (χ1) is 12.5. The second-order valence-corrected chi connectivity index (χ2v) is 10.4. The SMILES string of the molecule is Cc1ccc(S(=O)(=O)NC(C)Cc2cccc(S(=O)(=O)NC(C)C)c2)cc1. The summed E-state index contributed by atoms with van der Waals surface area (Å²) < 4.78 is 54.7. The maximum atomic E-state index is 12.5. The molecule has 0 fully saturated rings. The Labute approximate surface area is 162 Å². The minimum atomic E-state index is -3.63. The summed E-state index contributed by atoms with van der Waals surface area (Å²) in [6, 6.07) is 12.5. The molecule has 0 amide bonds. The quantitative estimate of drug-likeness (QED) is 0.700. The molecule has 148 valence electrons. The van der Waals surface area contributed by atoms with Crippen LogP contribution >= 0.6 is 0 Å². The van der Waals surface area contributed by atoms with Crippen LogP contribution in [0.25, 0.3) is 0 Å². The summed E-state index contributed by atoms with van der Waals surface area (Å²) in [5, 5.41) is 0. The lowest BCUT2D eigenvalue weighted by molar-refractivity contribution is 0.558. The van der Waals surface area contributed by atoms with Gasteiger partial charge in [-0.15, -0.1) is 0 Å². The first-order valence-corrected chi connectivity index (χ1v) is 11.7. The molecule has 0 radical (unpaired) electrons. The molecule has 6 nitrogen and oxygen atoms in total. The maximum absolute atomic E-state index is 12.5. The van der Waals surface area contributed by atoms with Crippen LogP contribution in [0.3, 0.4) is 0 Å². The zero-order chi connectivity index (χ0) is 20.2. The van der Waals surface area contributed by atoms with E-state index in [1.165, 1.54) is 6.07 Å². The van der Waals surface area contributed by atoms with Crippen LogP contribution < -0.4 is 9.44 Å². The molecule has 2 aromatic carbocycles. The molecule has 0 bridgehead atoms. The molecule has 0 heterocycles. The van der Waals surface area contributed by atoms with E-state index < -0.39 is 26.1 Å². The van der Waals surface area contributed by atoms with Crippen molar-refractivity contribution < 1.29 is 16.8 Å². The predicted molar refractivity (Wildman–Crippen MR) is 107 cm³/mol. The Morgan fingerprint density at radius 2 is 1.41 bits per heavy atom. The monoisotopic (exact) mass is 410 g/mol. The molecule has 2 aromatic rings. The third-order valence-electron chi connectivity index (χ3n) is 3.83. The summed E-state index contributed by atoms with van der Waals surface area (Å²) in [6.07, 6.45) is 0.371. The van der Waals surface area contributed by atoms with E-state index in [1.54, 1.807) is 63.2 Å². The molecule has 0 aliphatic carbocycles. The Bertz CT molecular complexity index is 983. The van der Waals surface area contributed by atoms with E-state index in [2.05, 4.69) is 9.44 Å². The van der Waals surface area contributed by atoms with Gasteiger partial charge in [0.15, 0.2) is 0 Å². The first-order valence-electron chi connectivity index (χ1n) is 8.70. The van der Waals surface area contributed by atoms with Gasteiger partial charge in [0.1, 0.15) is 0 Å². The van der Waals surface area contributed by atoms with Crippen LogP contribution in [0.2, 0.25) is 0 Å². The van der Waals surface area contributed by atoms with E-state index in [-0.39, 0.29) is 15.8 Å². The van der Waals surface area contributed by atoms with Crippen LogP contribution in [0.5, 0.6) is 0 Å². The minimum absolute atomic E-state index is 0.169. The van der Waals surface area contributed by atoms with Crippen LogP contribution in [0.4, 0.5) is 0 Å². The van der Waals surface area contributed by atoms with Crippen molar-refractivity contribution in [2.24, 2.45) is 0 Å². The highest BCUT2D eigenvalue weighted by Crippen LogP contribution is 2.15. The van der Waals surface area contributed by atoms with Crippen molar-refractivity contribution in [2.75, 3.05) is 0 Å². The van der Waals surface area contributed by atoms with Gasteiger partial charge in [-0.05, 0) is 63.9 Å². The van der Waals surface area contributed by atoms with Gasteiger partial charge in [0, 0.05) is 12.1 Å². The lowest BCUT2D eigenvalue weighted by Crippen LogP contribution is -2.34. The van der Waals surface area contributed by atoms with Gasteiger partial charge in [-0.2, -0.15) is 0 Å². The highest BCUT2D eigenvalue weighted by Gasteiger charge is 2.19. The minimum Gasteiger partial charge on any atom is -0.209 e. The van der Waals surface area contributed by atoms with Crippen molar-refractivity contribution in [3.63, 3.8) is 0 Å². The van der Waals surface area contributed by atoms with E-state index in [0.717, 1.165) is 11.1 Å². The van der Waals surface area contributed by atoms with Gasteiger partial charge in [-0.3, -0.25) is 0 Å². The lowest BCUT2D eigenvalue weighted by atomic mass is 10.1. The summed E-state index contributed by atoms with van der Waals surface area (Å²) in [4.78, 5) is 0.375. The van der Waals surface area contributed by atoms with E-state index in [4.69, 9.17) is 0 Å². The number of aryl methyl sites for hydroxylation is 1. The Morgan fingerprint density at radius 3 is 2.00 bits per heavy atom. The Hall–Kier alpha value is -1.74. The number of hydrogen-bond acceptors (Lipinski definition) is 4. The van der Waals surface area contributed by atoms with Crippen molar-refractivity contribution >= 4 is 20.0 Å². The summed E-state index contributed by atoms with van der Waals surface area (Å²) in [5.74, 6) is 0. The predicted octanol–water partition coefficient (Wildman–Crippen LogP) is 2.59. The van der Waals surface area contributed by atoms with Crippen LogP contribution in [-0.2, 0) is 26.5 Å². The zero-order valence-electron chi connectivity index (χ0n) is 15.9. The molecule has 0 aromatic heterocycles. The normalized spacial score (nSPS) is 13.7. The molecule has 1 unspecified atom stereocenters. The Balaban J connectivity index is 2.13. The van der Waals surface area contributed by atoms with E-state index >= 15 is 0 Å². The van der Waals surface area contributed by atoms with Crippen molar-refractivity contribution in [3.05, 3.63) is 59.7 Å². The molecule has 1 atom stereocenters. The fraction of sp³-hybridized carbons (Fsp3) is 0.368. The molecule has 27 heavy (non-hydrogen) atoms. The number of hydrogen-bond donors (Lipinski definition) is 2. The second-order valence-electron chi connectivity index (χ2n) is 6.96. The largest absolute Gasteiger partial charge is 0.240 e. The standard InChI is InChI=1S/C19H26N2O4S2/c1-14(2)20-27(24,25)19-7-5-6-17(13-19)12-16(4)21-26(22,23)18-10-8-15(3)9-11-18/h5-11,13-14,16,20-21H,12H2,1-4H3. The molecule has 0 saturated carbocycles. The highest BCUT2D eigenvalue weighted by atomic mass is 32.2. The van der Waals surface area contributed by atoms with Gasteiger partial charge >= 0.3 is 0 Å². The Kier molecular flexibility index (Phi) is 6.80. The van der Waals surface area contributed by atoms with Crippen molar-refractivity contribution in [2.45, 2.75) is 56.0 Å². The summed E-state index contributed by atoms with van der Waals surface area (Å²) in [6.45, 7) is 7.15. The topological polar surface area (TPSA) is 92.3 Å². The van der Waals surface area contributed by atoms with Gasteiger partial charge in [-0.1, -0.05) is 29.8 Å². The smallest absolute Gasteiger partial charge is 0.209 e.